The molecule has 1 rings (SSSR count). The second-order valence-electron chi connectivity index (χ2n) is 2.79. The summed E-state index contributed by atoms with van der Waals surface area (Å²) in [4.78, 5) is 9.62. The van der Waals surface area contributed by atoms with Crippen LogP contribution in [0.2, 0.25) is 0 Å². The van der Waals surface area contributed by atoms with Crippen molar-refractivity contribution in [2.45, 2.75) is 33.0 Å². The van der Waals surface area contributed by atoms with E-state index in [1.807, 2.05) is 13.8 Å². The normalized spacial score (nSPS) is 32.0. The fraction of sp³-hybridized carbons (Fsp3) is 0.750. The van der Waals surface area contributed by atoms with Crippen molar-refractivity contribution in [3.63, 3.8) is 0 Å². The molecule has 0 aliphatic carbocycles. The zero-order valence-electron chi connectivity index (χ0n) is 7.52. The lowest BCUT2D eigenvalue weighted by Crippen LogP contribution is -2.27. The summed E-state index contributed by atoms with van der Waals surface area (Å²) in [5, 5.41) is 0.753. The second-order valence-corrected chi connectivity index (χ2v) is 3.25. The molecule has 0 spiro atoms. The lowest BCUT2D eigenvalue weighted by molar-refractivity contribution is -0.302. The zero-order chi connectivity index (χ0) is 9.19. The molecule has 1 atom stereocenters. The van der Waals surface area contributed by atoms with E-state index in [1.54, 1.807) is 6.92 Å². The summed E-state index contributed by atoms with van der Waals surface area (Å²) in [6, 6.07) is 0. The lowest BCUT2D eigenvalue weighted by Gasteiger charge is -2.21. The first kappa shape index (κ1) is 9.99. The average molecular weight is 193 g/mol. The van der Waals surface area contributed by atoms with E-state index in [0.717, 1.165) is 17.0 Å². The van der Waals surface area contributed by atoms with E-state index in [9.17, 15) is 0 Å². The molecule has 1 saturated heterocycles. The van der Waals surface area contributed by atoms with Crippen LogP contribution < -0.4 is 0 Å². The average Bonchev–Trinajstić information content (AvgIpc) is 2.50. The Morgan fingerprint density at radius 3 is 2.67 bits per heavy atom. The topological polar surface area (TPSA) is 27.7 Å². The third-order valence-corrected chi connectivity index (χ3v) is 2.55. The van der Waals surface area contributed by atoms with Gasteiger partial charge in [-0.3, -0.25) is 0 Å². The standard InChI is InChI=1S/C8H13ClO3/c1-4-7(9)6(2)8(3)10-5-11-12-8/h4-5H2,1-3H3/b7-6-. The molecule has 1 fully saturated rings. The largest absolute Gasteiger partial charge is 0.314 e. The van der Waals surface area contributed by atoms with Gasteiger partial charge in [0.05, 0.1) is 0 Å². The van der Waals surface area contributed by atoms with Gasteiger partial charge in [0.15, 0.2) is 6.79 Å². The van der Waals surface area contributed by atoms with Crippen molar-refractivity contribution in [2.24, 2.45) is 0 Å². The van der Waals surface area contributed by atoms with Gasteiger partial charge in [-0.2, -0.15) is 4.89 Å². The SMILES string of the molecule is CC/C(Cl)=C(\C)C1(C)OCOO1. The van der Waals surface area contributed by atoms with Crippen LogP contribution in [0.3, 0.4) is 0 Å². The van der Waals surface area contributed by atoms with Gasteiger partial charge >= 0.3 is 0 Å². The van der Waals surface area contributed by atoms with E-state index < -0.39 is 5.79 Å². The van der Waals surface area contributed by atoms with Gasteiger partial charge in [0, 0.05) is 10.6 Å². The van der Waals surface area contributed by atoms with Crippen molar-refractivity contribution in [3.05, 3.63) is 10.6 Å². The fourth-order valence-corrected chi connectivity index (χ4v) is 1.15. The molecule has 1 heterocycles. The maximum Gasteiger partial charge on any atom is 0.224 e. The summed E-state index contributed by atoms with van der Waals surface area (Å²) >= 11 is 5.95. The molecule has 0 radical (unpaired) electrons. The third-order valence-electron chi connectivity index (χ3n) is 2.00. The Kier molecular flexibility index (Phi) is 3.12. The summed E-state index contributed by atoms with van der Waals surface area (Å²) in [5.74, 6) is -0.799. The molecule has 0 saturated carbocycles. The summed E-state index contributed by atoms with van der Waals surface area (Å²) in [7, 11) is 0. The van der Waals surface area contributed by atoms with E-state index in [-0.39, 0.29) is 6.79 Å². The maximum atomic E-state index is 5.95. The Labute approximate surface area is 77.2 Å². The number of allylic oxidation sites excluding steroid dienone is 1. The molecule has 0 bridgehead atoms. The molecule has 0 amide bonds. The van der Waals surface area contributed by atoms with Gasteiger partial charge in [0.25, 0.3) is 0 Å². The Morgan fingerprint density at radius 1 is 1.58 bits per heavy atom. The molecular formula is C8H13ClO3. The van der Waals surface area contributed by atoms with Crippen LogP contribution in [0.15, 0.2) is 10.6 Å². The van der Waals surface area contributed by atoms with Crippen LogP contribution in [0.4, 0.5) is 0 Å². The van der Waals surface area contributed by atoms with Crippen LogP contribution >= 0.6 is 11.6 Å². The summed E-state index contributed by atoms with van der Waals surface area (Å²) in [6.45, 7) is 5.79. The fourth-order valence-electron chi connectivity index (χ4n) is 0.979. The number of ether oxygens (including phenoxy) is 1. The highest BCUT2D eigenvalue weighted by atomic mass is 35.5. The monoisotopic (exact) mass is 192 g/mol. The Bertz CT molecular complexity index is 194. The highest BCUT2D eigenvalue weighted by Crippen LogP contribution is 2.31. The van der Waals surface area contributed by atoms with E-state index >= 15 is 0 Å². The lowest BCUT2D eigenvalue weighted by atomic mass is 10.1. The molecule has 1 unspecified atom stereocenters. The second kappa shape index (κ2) is 3.75. The Morgan fingerprint density at radius 2 is 2.25 bits per heavy atom. The molecule has 12 heavy (non-hydrogen) atoms. The van der Waals surface area contributed by atoms with Crippen LogP contribution in [-0.4, -0.2) is 12.6 Å². The van der Waals surface area contributed by atoms with Crippen LogP contribution in [0.1, 0.15) is 27.2 Å². The number of hydrogen-bond donors (Lipinski definition) is 0. The first-order chi connectivity index (χ1) is 5.60. The quantitative estimate of drug-likeness (QED) is 0.630. The number of halogens is 1. The molecule has 4 heteroatoms. The van der Waals surface area contributed by atoms with Crippen molar-refractivity contribution in [1.29, 1.82) is 0 Å². The first-order valence-electron chi connectivity index (χ1n) is 3.90. The molecule has 1 aliphatic rings. The van der Waals surface area contributed by atoms with E-state index in [0.29, 0.717) is 0 Å². The molecule has 0 N–H and O–H groups in total. The summed E-state index contributed by atoms with van der Waals surface area (Å²) < 4.78 is 5.24. The van der Waals surface area contributed by atoms with Crippen molar-refractivity contribution in [3.8, 4) is 0 Å². The molecule has 70 valence electrons. The van der Waals surface area contributed by atoms with E-state index in [4.69, 9.17) is 21.2 Å². The van der Waals surface area contributed by atoms with Crippen molar-refractivity contribution in [1.82, 2.24) is 0 Å². The maximum absolute atomic E-state index is 5.95. The van der Waals surface area contributed by atoms with Crippen LogP contribution in [0.25, 0.3) is 0 Å². The smallest absolute Gasteiger partial charge is 0.224 e. The summed E-state index contributed by atoms with van der Waals surface area (Å²) in [5.41, 5.74) is 0.865. The number of hydrogen-bond acceptors (Lipinski definition) is 3. The Balaban J connectivity index is 2.80. The predicted octanol–water partition coefficient (Wildman–Crippen LogP) is 2.56. The van der Waals surface area contributed by atoms with Gasteiger partial charge in [-0.1, -0.05) is 18.5 Å². The molecule has 1 aliphatic heterocycles. The highest BCUT2D eigenvalue weighted by Gasteiger charge is 2.36. The van der Waals surface area contributed by atoms with Crippen LogP contribution in [0, 0.1) is 0 Å². The Hall–Kier alpha value is -0.0900. The van der Waals surface area contributed by atoms with Crippen LogP contribution in [-0.2, 0) is 14.5 Å². The molecular weight excluding hydrogens is 180 g/mol. The van der Waals surface area contributed by atoms with E-state index in [2.05, 4.69) is 4.89 Å². The van der Waals surface area contributed by atoms with Gasteiger partial charge in [-0.05, 0) is 20.3 Å². The van der Waals surface area contributed by atoms with Gasteiger partial charge in [0.1, 0.15) is 0 Å². The minimum atomic E-state index is -0.799. The molecule has 3 nitrogen and oxygen atoms in total. The van der Waals surface area contributed by atoms with Crippen molar-refractivity contribution in [2.75, 3.05) is 6.79 Å². The summed E-state index contributed by atoms with van der Waals surface area (Å²) in [6.07, 6.45) is 0.774. The molecule has 0 aromatic carbocycles. The predicted molar refractivity (Wildman–Crippen MR) is 45.4 cm³/mol. The minimum absolute atomic E-state index is 0.154. The third kappa shape index (κ3) is 1.80. The van der Waals surface area contributed by atoms with Crippen molar-refractivity contribution >= 4 is 11.6 Å². The van der Waals surface area contributed by atoms with Gasteiger partial charge in [-0.25, -0.2) is 4.89 Å². The van der Waals surface area contributed by atoms with Gasteiger partial charge in [0.2, 0.25) is 5.79 Å². The van der Waals surface area contributed by atoms with Crippen LogP contribution in [0.5, 0.6) is 0 Å². The molecule has 0 aromatic heterocycles. The van der Waals surface area contributed by atoms with Crippen molar-refractivity contribution < 1.29 is 14.5 Å². The first-order valence-corrected chi connectivity index (χ1v) is 4.28. The number of rotatable bonds is 2. The zero-order valence-corrected chi connectivity index (χ0v) is 8.27. The van der Waals surface area contributed by atoms with E-state index in [1.165, 1.54) is 0 Å². The molecule has 0 aromatic rings. The van der Waals surface area contributed by atoms with Gasteiger partial charge < -0.3 is 4.74 Å². The highest BCUT2D eigenvalue weighted by molar-refractivity contribution is 6.29. The van der Waals surface area contributed by atoms with Gasteiger partial charge in [-0.15, -0.1) is 0 Å². The minimum Gasteiger partial charge on any atom is -0.314 e.